The van der Waals surface area contributed by atoms with E-state index in [1.807, 2.05) is 18.2 Å². The van der Waals surface area contributed by atoms with Crippen molar-refractivity contribution in [3.8, 4) is 5.69 Å². The Kier molecular flexibility index (Phi) is 4.61. The number of aromatic carboxylic acids is 1. The van der Waals surface area contributed by atoms with Gasteiger partial charge in [-0.2, -0.15) is 5.10 Å². The molecule has 0 radical (unpaired) electrons. The molecule has 0 saturated carbocycles. The Labute approximate surface area is 139 Å². The van der Waals surface area contributed by atoms with Gasteiger partial charge in [-0.3, -0.25) is 4.79 Å². The fraction of sp³-hybridized carbons (Fsp3) is 0.353. The molecule has 1 N–H and O–H groups in total. The fourth-order valence-electron chi connectivity index (χ4n) is 2.88. The number of carbonyl (C=O) groups excluding carboxylic acids is 1. The molecule has 1 aromatic heterocycles. The zero-order valence-corrected chi connectivity index (χ0v) is 13.4. The molecule has 3 rings (SSSR count). The van der Waals surface area contributed by atoms with Crippen LogP contribution in [0.3, 0.4) is 0 Å². The van der Waals surface area contributed by atoms with Gasteiger partial charge in [0.2, 0.25) is 0 Å². The molecule has 1 aliphatic heterocycles. The molecule has 0 unspecified atom stereocenters. The lowest BCUT2D eigenvalue weighted by atomic mass is 10.1. The highest BCUT2D eigenvalue weighted by Crippen LogP contribution is 2.19. The van der Waals surface area contributed by atoms with Gasteiger partial charge in [0.15, 0.2) is 5.69 Å². The van der Waals surface area contributed by atoms with Crippen LogP contribution in [0.25, 0.3) is 5.69 Å². The van der Waals surface area contributed by atoms with Crippen molar-refractivity contribution in [3.05, 3.63) is 47.8 Å². The van der Waals surface area contributed by atoms with E-state index < -0.39 is 5.97 Å². The second-order valence-corrected chi connectivity index (χ2v) is 5.72. The highest BCUT2D eigenvalue weighted by molar-refractivity contribution is 5.96. The maximum absolute atomic E-state index is 12.9. The predicted octanol–water partition coefficient (Wildman–Crippen LogP) is 1.82. The molecule has 1 atom stereocenters. The highest BCUT2D eigenvalue weighted by atomic mass is 16.5. The van der Waals surface area contributed by atoms with Crippen LogP contribution in [0.4, 0.5) is 0 Å². The third-order valence-corrected chi connectivity index (χ3v) is 4.15. The number of piperidine rings is 1. The number of carboxylic acids is 1. The van der Waals surface area contributed by atoms with Gasteiger partial charge in [0.05, 0.1) is 11.8 Å². The second kappa shape index (κ2) is 6.84. The average molecular weight is 329 g/mol. The molecule has 1 aliphatic rings. The Bertz CT molecular complexity index is 742. The quantitative estimate of drug-likeness (QED) is 0.925. The molecule has 126 valence electrons. The van der Waals surface area contributed by atoms with Crippen LogP contribution in [-0.2, 0) is 4.74 Å². The Morgan fingerprint density at radius 2 is 2.04 bits per heavy atom. The summed E-state index contributed by atoms with van der Waals surface area (Å²) in [5.74, 6) is -1.40. The van der Waals surface area contributed by atoms with Crippen LogP contribution in [0.15, 0.2) is 36.4 Å². The number of amides is 1. The summed E-state index contributed by atoms with van der Waals surface area (Å²) >= 11 is 0. The SMILES string of the molecule is CO[C@@H]1CCCN(C(=O)c2cc(C(=O)O)nn2-c2ccccc2)C1. The van der Waals surface area contributed by atoms with Crippen LogP contribution in [0.2, 0.25) is 0 Å². The first-order valence-electron chi connectivity index (χ1n) is 7.81. The molecule has 7 nitrogen and oxygen atoms in total. The number of carbonyl (C=O) groups is 2. The lowest BCUT2D eigenvalue weighted by molar-refractivity contribution is 0.0264. The first kappa shape index (κ1) is 16.2. The topological polar surface area (TPSA) is 84.7 Å². The van der Waals surface area contributed by atoms with Crippen LogP contribution in [0.1, 0.15) is 33.8 Å². The lowest BCUT2D eigenvalue weighted by Crippen LogP contribution is -2.43. The van der Waals surface area contributed by atoms with Gasteiger partial charge in [-0.15, -0.1) is 0 Å². The number of rotatable bonds is 4. The van der Waals surface area contributed by atoms with Gasteiger partial charge in [0.25, 0.3) is 5.91 Å². The monoisotopic (exact) mass is 329 g/mol. The van der Waals surface area contributed by atoms with E-state index in [9.17, 15) is 14.7 Å². The van der Waals surface area contributed by atoms with Gasteiger partial charge in [-0.25, -0.2) is 9.48 Å². The zero-order chi connectivity index (χ0) is 17.1. The molecule has 1 saturated heterocycles. The average Bonchev–Trinajstić information content (AvgIpc) is 3.07. The van der Waals surface area contributed by atoms with Gasteiger partial charge < -0.3 is 14.7 Å². The molecule has 1 amide bonds. The summed E-state index contributed by atoms with van der Waals surface area (Å²) < 4.78 is 6.75. The summed E-state index contributed by atoms with van der Waals surface area (Å²) in [7, 11) is 1.63. The van der Waals surface area contributed by atoms with Gasteiger partial charge >= 0.3 is 5.97 Å². The van der Waals surface area contributed by atoms with Gasteiger partial charge in [-0.05, 0) is 25.0 Å². The van der Waals surface area contributed by atoms with Crippen molar-refractivity contribution in [1.29, 1.82) is 0 Å². The number of para-hydroxylation sites is 1. The number of benzene rings is 1. The summed E-state index contributed by atoms with van der Waals surface area (Å²) in [6.07, 6.45) is 1.78. The first-order chi connectivity index (χ1) is 11.6. The molecule has 24 heavy (non-hydrogen) atoms. The minimum Gasteiger partial charge on any atom is -0.476 e. The van der Waals surface area contributed by atoms with Gasteiger partial charge in [0.1, 0.15) is 5.69 Å². The maximum atomic E-state index is 12.9. The zero-order valence-electron chi connectivity index (χ0n) is 13.4. The van der Waals surface area contributed by atoms with Crippen molar-refractivity contribution in [2.75, 3.05) is 20.2 Å². The molecule has 1 fully saturated rings. The van der Waals surface area contributed by atoms with E-state index in [-0.39, 0.29) is 23.4 Å². The van der Waals surface area contributed by atoms with Crippen LogP contribution in [0, 0.1) is 0 Å². The molecular weight excluding hydrogens is 310 g/mol. The molecule has 2 aromatic rings. The number of likely N-dealkylation sites (tertiary alicyclic amines) is 1. The number of methoxy groups -OCH3 is 1. The maximum Gasteiger partial charge on any atom is 0.356 e. The summed E-state index contributed by atoms with van der Waals surface area (Å²) in [6, 6.07) is 10.4. The Morgan fingerprint density at radius 1 is 1.29 bits per heavy atom. The Hall–Kier alpha value is -2.67. The van der Waals surface area contributed by atoms with Crippen molar-refractivity contribution >= 4 is 11.9 Å². The molecule has 0 aliphatic carbocycles. The van der Waals surface area contributed by atoms with E-state index in [2.05, 4.69) is 5.10 Å². The van der Waals surface area contributed by atoms with Gasteiger partial charge in [0, 0.05) is 26.3 Å². The van der Waals surface area contributed by atoms with E-state index in [0.29, 0.717) is 18.8 Å². The standard InChI is InChI=1S/C17H19N3O4/c1-24-13-8-5-9-19(11-13)16(21)15-10-14(17(22)23)18-20(15)12-6-3-2-4-7-12/h2-4,6-7,10,13H,5,8-9,11H2,1H3,(H,22,23)/t13-/m1/s1. The summed E-state index contributed by atoms with van der Waals surface area (Å²) in [4.78, 5) is 25.9. The number of hydrogen-bond acceptors (Lipinski definition) is 4. The normalized spacial score (nSPS) is 17.7. The van der Waals surface area contributed by atoms with Crippen LogP contribution < -0.4 is 0 Å². The molecule has 0 spiro atoms. The number of aromatic nitrogens is 2. The van der Waals surface area contributed by atoms with E-state index >= 15 is 0 Å². The third-order valence-electron chi connectivity index (χ3n) is 4.15. The first-order valence-corrected chi connectivity index (χ1v) is 7.81. The van der Waals surface area contributed by atoms with E-state index in [1.165, 1.54) is 10.7 Å². The smallest absolute Gasteiger partial charge is 0.356 e. The Balaban J connectivity index is 1.97. The fourth-order valence-corrected chi connectivity index (χ4v) is 2.88. The molecule has 0 bridgehead atoms. The lowest BCUT2D eigenvalue weighted by Gasteiger charge is -2.31. The summed E-state index contributed by atoms with van der Waals surface area (Å²) in [6.45, 7) is 1.12. The van der Waals surface area contributed by atoms with Crippen molar-refractivity contribution in [1.82, 2.24) is 14.7 Å². The van der Waals surface area contributed by atoms with Crippen LogP contribution in [-0.4, -0.2) is 58.0 Å². The number of nitrogens with zero attached hydrogens (tertiary/aromatic N) is 3. The molecule has 1 aromatic carbocycles. The van der Waals surface area contributed by atoms with Crippen molar-refractivity contribution in [2.45, 2.75) is 18.9 Å². The number of hydrogen-bond donors (Lipinski definition) is 1. The highest BCUT2D eigenvalue weighted by Gasteiger charge is 2.28. The van der Waals surface area contributed by atoms with Crippen molar-refractivity contribution < 1.29 is 19.4 Å². The second-order valence-electron chi connectivity index (χ2n) is 5.72. The summed E-state index contributed by atoms with van der Waals surface area (Å²) in [5.41, 5.74) is 0.742. The summed E-state index contributed by atoms with van der Waals surface area (Å²) in [5, 5.41) is 13.3. The molecule has 7 heteroatoms. The predicted molar refractivity (Wildman–Crippen MR) is 86.5 cm³/mol. The van der Waals surface area contributed by atoms with E-state index in [1.54, 1.807) is 24.1 Å². The van der Waals surface area contributed by atoms with Crippen LogP contribution in [0.5, 0.6) is 0 Å². The largest absolute Gasteiger partial charge is 0.476 e. The van der Waals surface area contributed by atoms with Gasteiger partial charge in [-0.1, -0.05) is 18.2 Å². The molecule has 2 heterocycles. The third kappa shape index (κ3) is 3.16. The van der Waals surface area contributed by atoms with E-state index in [0.717, 1.165) is 12.8 Å². The minimum atomic E-state index is -1.16. The minimum absolute atomic E-state index is 0.00902. The van der Waals surface area contributed by atoms with Crippen molar-refractivity contribution in [2.24, 2.45) is 0 Å². The Morgan fingerprint density at radius 3 is 2.71 bits per heavy atom. The van der Waals surface area contributed by atoms with Crippen LogP contribution >= 0.6 is 0 Å². The number of ether oxygens (including phenoxy) is 1. The number of carboxylic acid groups (broad SMARTS) is 1. The molecular formula is C17H19N3O4. The van der Waals surface area contributed by atoms with E-state index in [4.69, 9.17) is 4.74 Å². The van der Waals surface area contributed by atoms with Crippen molar-refractivity contribution in [3.63, 3.8) is 0 Å².